The highest BCUT2D eigenvalue weighted by Gasteiger charge is 2.33. The SMILES string of the molecule is COc1cc(C)ccc1NC1CC2CCC(C1)N2. The second-order valence-corrected chi connectivity index (χ2v) is 5.65. The molecule has 0 aliphatic carbocycles. The van der Waals surface area contributed by atoms with Crippen molar-refractivity contribution in [3.8, 4) is 5.75 Å². The quantitative estimate of drug-likeness (QED) is 0.860. The van der Waals surface area contributed by atoms with Gasteiger partial charge in [-0.2, -0.15) is 0 Å². The van der Waals surface area contributed by atoms with Crippen LogP contribution in [0.15, 0.2) is 18.2 Å². The third-order valence-corrected chi connectivity index (χ3v) is 4.19. The van der Waals surface area contributed by atoms with Gasteiger partial charge in [-0.25, -0.2) is 0 Å². The van der Waals surface area contributed by atoms with E-state index in [1.54, 1.807) is 7.11 Å². The molecule has 18 heavy (non-hydrogen) atoms. The van der Waals surface area contributed by atoms with E-state index in [2.05, 4.69) is 35.8 Å². The maximum Gasteiger partial charge on any atom is 0.142 e. The lowest BCUT2D eigenvalue weighted by Crippen LogP contribution is -2.43. The van der Waals surface area contributed by atoms with E-state index < -0.39 is 0 Å². The van der Waals surface area contributed by atoms with Crippen molar-refractivity contribution in [2.75, 3.05) is 12.4 Å². The fourth-order valence-corrected chi connectivity index (χ4v) is 3.31. The number of ether oxygens (including phenoxy) is 1. The van der Waals surface area contributed by atoms with Crippen LogP contribution in [0.2, 0.25) is 0 Å². The van der Waals surface area contributed by atoms with Gasteiger partial charge in [0.05, 0.1) is 12.8 Å². The number of benzene rings is 1. The van der Waals surface area contributed by atoms with Crippen molar-refractivity contribution in [2.45, 2.75) is 50.7 Å². The van der Waals surface area contributed by atoms with Crippen LogP contribution in [0.1, 0.15) is 31.2 Å². The summed E-state index contributed by atoms with van der Waals surface area (Å²) in [5.41, 5.74) is 2.37. The Balaban J connectivity index is 1.72. The van der Waals surface area contributed by atoms with Gasteiger partial charge in [0.1, 0.15) is 5.75 Å². The molecule has 2 fully saturated rings. The lowest BCUT2D eigenvalue weighted by Gasteiger charge is -2.30. The van der Waals surface area contributed by atoms with Gasteiger partial charge in [0, 0.05) is 18.1 Å². The number of hydrogen-bond donors (Lipinski definition) is 2. The van der Waals surface area contributed by atoms with Crippen LogP contribution in [0, 0.1) is 6.92 Å². The topological polar surface area (TPSA) is 33.3 Å². The third kappa shape index (κ3) is 2.32. The van der Waals surface area contributed by atoms with Gasteiger partial charge in [0.25, 0.3) is 0 Å². The molecule has 0 saturated carbocycles. The van der Waals surface area contributed by atoms with Crippen LogP contribution < -0.4 is 15.4 Å². The molecule has 0 spiro atoms. The van der Waals surface area contributed by atoms with Crippen LogP contribution >= 0.6 is 0 Å². The van der Waals surface area contributed by atoms with E-state index in [0.29, 0.717) is 6.04 Å². The number of anilines is 1. The summed E-state index contributed by atoms with van der Waals surface area (Å²) in [6.45, 7) is 2.09. The van der Waals surface area contributed by atoms with Crippen molar-refractivity contribution in [3.05, 3.63) is 23.8 Å². The molecule has 2 N–H and O–H groups in total. The van der Waals surface area contributed by atoms with Crippen LogP contribution in [0.25, 0.3) is 0 Å². The average molecular weight is 246 g/mol. The Morgan fingerprint density at radius 2 is 1.94 bits per heavy atom. The number of methoxy groups -OCH3 is 1. The van der Waals surface area contributed by atoms with Crippen molar-refractivity contribution < 1.29 is 4.74 Å². The summed E-state index contributed by atoms with van der Waals surface area (Å²) in [4.78, 5) is 0. The van der Waals surface area contributed by atoms with Crippen molar-refractivity contribution in [1.29, 1.82) is 0 Å². The summed E-state index contributed by atoms with van der Waals surface area (Å²) >= 11 is 0. The van der Waals surface area contributed by atoms with Gasteiger partial charge in [-0.1, -0.05) is 6.07 Å². The van der Waals surface area contributed by atoms with Crippen molar-refractivity contribution in [1.82, 2.24) is 5.32 Å². The first kappa shape index (κ1) is 11.8. The van der Waals surface area contributed by atoms with Crippen LogP contribution in [0.5, 0.6) is 5.75 Å². The Morgan fingerprint density at radius 3 is 2.61 bits per heavy atom. The molecule has 2 atom stereocenters. The third-order valence-electron chi connectivity index (χ3n) is 4.19. The first-order valence-corrected chi connectivity index (χ1v) is 6.92. The zero-order valence-electron chi connectivity index (χ0n) is 11.2. The summed E-state index contributed by atoms with van der Waals surface area (Å²) < 4.78 is 5.46. The van der Waals surface area contributed by atoms with E-state index in [-0.39, 0.29) is 0 Å². The normalized spacial score (nSPS) is 30.2. The van der Waals surface area contributed by atoms with E-state index in [4.69, 9.17) is 4.74 Å². The van der Waals surface area contributed by atoms with Gasteiger partial charge in [0.2, 0.25) is 0 Å². The average Bonchev–Trinajstić information content (AvgIpc) is 2.71. The lowest BCUT2D eigenvalue weighted by atomic mass is 9.99. The van der Waals surface area contributed by atoms with Crippen LogP contribution in [0.4, 0.5) is 5.69 Å². The molecular formula is C15H22N2O. The molecule has 3 heteroatoms. The molecule has 1 aromatic carbocycles. The minimum Gasteiger partial charge on any atom is -0.495 e. The molecule has 2 unspecified atom stereocenters. The van der Waals surface area contributed by atoms with Gasteiger partial charge in [-0.15, -0.1) is 0 Å². The Hall–Kier alpha value is -1.22. The Labute approximate surface area is 109 Å². The Bertz CT molecular complexity index is 421. The molecule has 2 aliphatic rings. The Kier molecular flexibility index (Phi) is 3.16. The molecule has 98 valence electrons. The number of fused-ring (bicyclic) bond motifs is 2. The van der Waals surface area contributed by atoms with E-state index in [0.717, 1.165) is 23.5 Å². The van der Waals surface area contributed by atoms with Crippen molar-refractivity contribution in [3.63, 3.8) is 0 Å². The fourth-order valence-electron chi connectivity index (χ4n) is 3.31. The summed E-state index contributed by atoms with van der Waals surface area (Å²) in [6, 6.07) is 8.40. The first-order chi connectivity index (χ1) is 8.74. The zero-order chi connectivity index (χ0) is 12.5. The van der Waals surface area contributed by atoms with Crippen LogP contribution in [-0.4, -0.2) is 25.2 Å². The van der Waals surface area contributed by atoms with E-state index in [9.17, 15) is 0 Å². The standard InChI is InChI=1S/C15H22N2O/c1-10-3-6-14(15(7-10)18-2)17-13-8-11-4-5-12(9-13)16-11/h3,6-7,11-13,16-17H,4-5,8-9H2,1-2H3. The highest BCUT2D eigenvalue weighted by Crippen LogP contribution is 2.32. The predicted octanol–water partition coefficient (Wildman–Crippen LogP) is 2.70. The second kappa shape index (κ2) is 4.81. The highest BCUT2D eigenvalue weighted by atomic mass is 16.5. The van der Waals surface area contributed by atoms with Crippen molar-refractivity contribution in [2.24, 2.45) is 0 Å². The number of piperidine rings is 1. The van der Waals surface area contributed by atoms with E-state index in [1.165, 1.54) is 31.2 Å². The minimum atomic E-state index is 0.584. The molecular weight excluding hydrogens is 224 g/mol. The monoisotopic (exact) mass is 246 g/mol. The number of aryl methyl sites for hydroxylation is 1. The molecule has 3 rings (SSSR count). The predicted molar refractivity (Wildman–Crippen MR) is 74.3 cm³/mol. The van der Waals surface area contributed by atoms with Gasteiger partial charge in [0.15, 0.2) is 0 Å². The molecule has 0 radical (unpaired) electrons. The fraction of sp³-hybridized carbons (Fsp3) is 0.600. The Morgan fingerprint density at radius 1 is 1.22 bits per heavy atom. The maximum atomic E-state index is 5.46. The number of hydrogen-bond acceptors (Lipinski definition) is 3. The summed E-state index contributed by atoms with van der Waals surface area (Å²) in [6.07, 6.45) is 5.14. The van der Waals surface area contributed by atoms with Crippen molar-refractivity contribution >= 4 is 5.69 Å². The summed E-state index contributed by atoms with van der Waals surface area (Å²) in [5.74, 6) is 0.959. The summed E-state index contributed by atoms with van der Waals surface area (Å²) in [7, 11) is 1.74. The summed E-state index contributed by atoms with van der Waals surface area (Å²) in [5, 5.41) is 7.34. The lowest BCUT2D eigenvalue weighted by molar-refractivity contribution is 0.375. The molecule has 2 saturated heterocycles. The highest BCUT2D eigenvalue weighted by molar-refractivity contribution is 5.58. The van der Waals surface area contributed by atoms with Gasteiger partial charge < -0.3 is 15.4 Å². The zero-order valence-corrected chi connectivity index (χ0v) is 11.2. The van der Waals surface area contributed by atoms with E-state index in [1.807, 2.05) is 0 Å². The van der Waals surface area contributed by atoms with Crippen LogP contribution in [0.3, 0.4) is 0 Å². The second-order valence-electron chi connectivity index (χ2n) is 5.65. The minimum absolute atomic E-state index is 0.584. The first-order valence-electron chi connectivity index (χ1n) is 6.92. The van der Waals surface area contributed by atoms with E-state index >= 15 is 0 Å². The molecule has 2 heterocycles. The molecule has 2 aliphatic heterocycles. The number of rotatable bonds is 3. The van der Waals surface area contributed by atoms with Gasteiger partial charge in [-0.05, 0) is 50.3 Å². The maximum absolute atomic E-state index is 5.46. The molecule has 0 aromatic heterocycles. The molecule has 3 nitrogen and oxygen atoms in total. The molecule has 1 aromatic rings. The van der Waals surface area contributed by atoms with Gasteiger partial charge >= 0.3 is 0 Å². The number of nitrogens with one attached hydrogen (secondary N) is 2. The largest absolute Gasteiger partial charge is 0.495 e. The molecule has 2 bridgehead atoms. The molecule has 0 amide bonds. The smallest absolute Gasteiger partial charge is 0.142 e. The van der Waals surface area contributed by atoms with Gasteiger partial charge in [-0.3, -0.25) is 0 Å². The van der Waals surface area contributed by atoms with Crippen LogP contribution in [-0.2, 0) is 0 Å².